The first-order chi connectivity index (χ1) is 8.72. The van der Waals surface area contributed by atoms with Crippen molar-refractivity contribution >= 4 is 23.3 Å². The Bertz CT molecular complexity index is 416. The largest absolute Gasteiger partial charge is 0.370 e. The highest BCUT2D eigenvalue weighted by molar-refractivity contribution is 7.80. The minimum Gasteiger partial charge on any atom is -0.370 e. The molecular formula is C12H17N5S. The third-order valence-electron chi connectivity index (χ3n) is 2.05. The average Bonchev–Trinajstić information content (AvgIpc) is 2.37. The molecule has 5 nitrogen and oxygen atoms in total. The Morgan fingerprint density at radius 1 is 1.61 bits per heavy atom. The van der Waals surface area contributed by atoms with Crippen LogP contribution >= 0.6 is 12.2 Å². The van der Waals surface area contributed by atoms with Crippen LogP contribution < -0.4 is 16.4 Å². The molecule has 0 atom stereocenters. The Kier molecular flexibility index (Phi) is 6.42. The van der Waals surface area contributed by atoms with Gasteiger partial charge in [0.15, 0.2) is 11.1 Å². The number of nitrogens with zero attached hydrogens (tertiary/aromatic N) is 2. The van der Waals surface area contributed by atoms with Crippen LogP contribution in [0.15, 0.2) is 42.2 Å². The minimum atomic E-state index is 0.286. The topological polar surface area (TPSA) is 75.3 Å². The van der Waals surface area contributed by atoms with Crippen molar-refractivity contribution in [3.05, 3.63) is 42.7 Å². The lowest BCUT2D eigenvalue weighted by atomic mass is 10.2. The lowest BCUT2D eigenvalue weighted by Gasteiger charge is -2.09. The maximum absolute atomic E-state index is 5.60. The number of nitrogens with two attached hydrogens (primary N) is 1. The average molecular weight is 263 g/mol. The van der Waals surface area contributed by atoms with Crippen LogP contribution in [0.4, 0.5) is 0 Å². The Morgan fingerprint density at radius 2 is 2.44 bits per heavy atom. The number of guanidine groups is 1. The highest BCUT2D eigenvalue weighted by atomic mass is 32.1. The fourth-order valence-corrected chi connectivity index (χ4v) is 1.44. The van der Waals surface area contributed by atoms with Crippen molar-refractivity contribution in [1.82, 2.24) is 15.6 Å². The summed E-state index contributed by atoms with van der Waals surface area (Å²) in [6.45, 7) is 4.73. The van der Waals surface area contributed by atoms with Crippen molar-refractivity contribution in [2.45, 2.75) is 6.42 Å². The van der Waals surface area contributed by atoms with Crippen LogP contribution in [-0.2, 0) is 6.42 Å². The summed E-state index contributed by atoms with van der Waals surface area (Å²) in [7, 11) is 0. The molecule has 0 saturated carbocycles. The first kappa shape index (κ1) is 14.1. The van der Waals surface area contributed by atoms with Crippen molar-refractivity contribution in [2.24, 2.45) is 10.7 Å². The molecule has 6 heteroatoms. The van der Waals surface area contributed by atoms with Crippen LogP contribution in [0.2, 0.25) is 0 Å². The minimum absolute atomic E-state index is 0.286. The van der Waals surface area contributed by atoms with Crippen LogP contribution in [0.3, 0.4) is 0 Å². The summed E-state index contributed by atoms with van der Waals surface area (Å²) >= 11 is 5.07. The number of nitrogens with one attached hydrogen (secondary N) is 2. The van der Waals surface area contributed by atoms with E-state index in [1.54, 1.807) is 12.3 Å². The third-order valence-corrected chi connectivity index (χ3v) is 2.30. The summed E-state index contributed by atoms with van der Waals surface area (Å²) in [6.07, 6.45) is 6.09. The van der Waals surface area contributed by atoms with E-state index in [0.717, 1.165) is 12.0 Å². The second kappa shape index (κ2) is 8.19. The number of aromatic nitrogens is 1. The molecule has 1 aromatic rings. The van der Waals surface area contributed by atoms with Crippen molar-refractivity contribution in [3.63, 3.8) is 0 Å². The normalized spacial score (nSPS) is 10.8. The molecule has 0 aliphatic heterocycles. The molecule has 0 saturated heterocycles. The molecule has 0 fully saturated rings. The van der Waals surface area contributed by atoms with Crippen LogP contribution in [0.1, 0.15) is 5.56 Å². The van der Waals surface area contributed by atoms with Crippen molar-refractivity contribution in [1.29, 1.82) is 0 Å². The van der Waals surface area contributed by atoms with Gasteiger partial charge in [0.25, 0.3) is 0 Å². The van der Waals surface area contributed by atoms with E-state index in [1.807, 2.05) is 18.3 Å². The van der Waals surface area contributed by atoms with Crippen molar-refractivity contribution < 1.29 is 0 Å². The Balaban J connectivity index is 2.23. The molecule has 0 aliphatic carbocycles. The zero-order valence-electron chi connectivity index (χ0n) is 10.1. The number of hydrogen-bond donors (Lipinski definition) is 3. The molecular weight excluding hydrogens is 246 g/mol. The van der Waals surface area contributed by atoms with E-state index in [4.69, 9.17) is 18.0 Å². The molecule has 0 aliphatic rings. The molecule has 4 N–H and O–H groups in total. The maximum Gasteiger partial charge on any atom is 0.195 e. The highest BCUT2D eigenvalue weighted by Gasteiger charge is 1.97. The van der Waals surface area contributed by atoms with E-state index >= 15 is 0 Å². The molecule has 0 spiro atoms. The van der Waals surface area contributed by atoms with Gasteiger partial charge in [-0.25, -0.2) is 4.99 Å². The van der Waals surface area contributed by atoms with Crippen molar-refractivity contribution in [2.75, 3.05) is 13.1 Å². The monoisotopic (exact) mass is 263 g/mol. The molecule has 96 valence electrons. The van der Waals surface area contributed by atoms with Crippen molar-refractivity contribution in [3.8, 4) is 0 Å². The first-order valence-electron chi connectivity index (χ1n) is 5.57. The van der Waals surface area contributed by atoms with Crippen LogP contribution in [0.25, 0.3) is 0 Å². The van der Waals surface area contributed by atoms with E-state index in [2.05, 4.69) is 27.2 Å². The molecule has 0 aromatic carbocycles. The summed E-state index contributed by atoms with van der Waals surface area (Å²) in [5, 5.41) is 6.29. The van der Waals surface area contributed by atoms with E-state index in [1.165, 1.54) is 0 Å². The number of aliphatic imine (C=N–C) groups is 1. The van der Waals surface area contributed by atoms with Gasteiger partial charge in [0.05, 0.1) is 6.54 Å². The van der Waals surface area contributed by atoms with E-state index < -0.39 is 0 Å². The number of hydrogen-bond acceptors (Lipinski definition) is 3. The molecule has 0 radical (unpaired) electrons. The van der Waals surface area contributed by atoms with E-state index in [9.17, 15) is 0 Å². The lowest BCUT2D eigenvalue weighted by molar-refractivity contribution is 0.855. The van der Waals surface area contributed by atoms with Gasteiger partial charge in [0, 0.05) is 18.9 Å². The predicted molar refractivity (Wildman–Crippen MR) is 78.4 cm³/mol. The Labute approximate surface area is 112 Å². The standard InChI is InChI=1S/C12H17N5S/c1-2-6-15-11(13)17-12(18)16-8-5-10-4-3-7-14-9-10/h2-4,7,9H,1,5-6,8H2,(H4,13,15,16,17,18). The number of pyridine rings is 1. The van der Waals surface area contributed by atoms with Gasteiger partial charge in [0.2, 0.25) is 0 Å². The second-order valence-corrected chi connectivity index (χ2v) is 3.92. The lowest BCUT2D eigenvalue weighted by Crippen LogP contribution is -2.43. The molecule has 1 aromatic heterocycles. The maximum atomic E-state index is 5.60. The SMILES string of the molecule is C=CCN=C(N)NC(=S)NCCc1cccnc1. The van der Waals surface area contributed by atoms with Gasteiger partial charge < -0.3 is 16.4 Å². The third kappa shape index (κ3) is 5.95. The molecule has 0 bridgehead atoms. The first-order valence-corrected chi connectivity index (χ1v) is 5.97. The summed E-state index contributed by atoms with van der Waals surface area (Å²) in [6, 6.07) is 3.93. The van der Waals surface area contributed by atoms with Crippen LogP contribution in [-0.4, -0.2) is 29.1 Å². The fourth-order valence-electron chi connectivity index (χ4n) is 1.23. The molecule has 0 unspecified atom stereocenters. The summed E-state index contributed by atoms with van der Waals surface area (Å²) in [5.74, 6) is 0.286. The van der Waals surface area contributed by atoms with Crippen LogP contribution in [0.5, 0.6) is 0 Å². The Hall–Kier alpha value is -1.95. The van der Waals surface area contributed by atoms with Gasteiger partial charge in [-0.2, -0.15) is 0 Å². The summed E-state index contributed by atoms with van der Waals surface area (Å²) in [5.41, 5.74) is 6.75. The predicted octanol–water partition coefficient (Wildman–Crippen LogP) is 0.589. The molecule has 1 heterocycles. The van der Waals surface area contributed by atoms with Gasteiger partial charge in [-0.05, 0) is 30.3 Å². The molecule has 18 heavy (non-hydrogen) atoms. The second-order valence-electron chi connectivity index (χ2n) is 3.51. The van der Waals surface area contributed by atoms with Gasteiger partial charge in [-0.15, -0.1) is 6.58 Å². The van der Waals surface area contributed by atoms with E-state index in [-0.39, 0.29) is 5.96 Å². The molecule has 0 amide bonds. The Morgan fingerprint density at radius 3 is 3.11 bits per heavy atom. The zero-order chi connectivity index (χ0) is 13.2. The highest BCUT2D eigenvalue weighted by Crippen LogP contribution is 1.95. The van der Waals surface area contributed by atoms with E-state index in [0.29, 0.717) is 18.2 Å². The van der Waals surface area contributed by atoms with Crippen LogP contribution in [0, 0.1) is 0 Å². The van der Waals surface area contributed by atoms with Gasteiger partial charge in [0.1, 0.15) is 0 Å². The van der Waals surface area contributed by atoms with Gasteiger partial charge >= 0.3 is 0 Å². The summed E-state index contributed by atoms with van der Waals surface area (Å²) < 4.78 is 0. The quantitative estimate of drug-likeness (QED) is 0.314. The number of rotatable bonds is 5. The smallest absolute Gasteiger partial charge is 0.195 e. The van der Waals surface area contributed by atoms with Gasteiger partial charge in [-0.3, -0.25) is 4.98 Å². The fraction of sp³-hybridized carbons (Fsp3) is 0.250. The zero-order valence-corrected chi connectivity index (χ0v) is 10.9. The molecule has 1 rings (SSSR count). The van der Waals surface area contributed by atoms with Gasteiger partial charge in [-0.1, -0.05) is 12.1 Å². The number of thiocarbonyl (C=S) groups is 1. The summed E-state index contributed by atoms with van der Waals surface area (Å²) in [4.78, 5) is 8.02.